The lowest BCUT2D eigenvalue weighted by atomic mass is 10.00. The van der Waals surface area contributed by atoms with Gasteiger partial charge in [0.05, 0.1) is 5.92 Å². The van der Waals surface area contributed by atoms with Gasteiger partial charge in [-0.25, -0.2) is 0 Å². The molecule has 0 amide bonds. The molecule has 2 rings (SSSR count). The number of nitrogens with zero attached hydrogens (tertiary/aromatic N) is 3. The van der Waals surface area contributed by atoms with Crippen LogP contribution in [0.15, 0.2) is 0 Å². The van der Waals surface area contributed by atoms with Crippen molar-refractivity contribution in [2.24, 2.45) is 5.92 Å². The van der Waals surface area contributed by atoms with Crippen LogP contribution in [0.5, 0.6) is 0 Å². The van der Waals surface area contributed by atoms with Crippen molar-refractivity contribution in [2.75, 3.05) is 0 Å². The number of aliphatic carboxylic acids is 1. The molecule has 0 fully saturated rings. The summed E-state index contributed by atoms with van der Waals surface area (Å²) in [6.45, 7) is 0.174. The van der Waals surface area contributed by atoms with Crippen LogP contribution in [-0.2, 0) is 24.4 Å². The fraction of sp³-hybridized carbons (Fsp3) is 0.625. The number of aliphatic hydroxyl groups excluding tert-OH is 1. The number of carboxylic acids is 1. The number of aryl methyl sites for hydroxylation is 1. The van der Waals surface area contributed by atoms with Crippen LogP contribution in [0.3, 0.4) is 0 Å². The maximum Gasteiger partial charge on any atom is 0.308 e. The highest BCUT2D eigenvalue weighted by molar-refractivity contribution is 5.70. The zero-order valence-electron chi connectivity index (χ0n) is 7.55. The van der Waals surface area contributed by atoms with Crippen LogP contribution >= 0.6 is 0 Å². The molecule has 0 bridgehead atoms. The second-order valence-corrected chi connectivity index (χ2v) is 3.38. The molecule has 0 aromatic carbocycles. The summed E-state index contributed by atoms with van der Waals surface area (Å²) in [5, 5.41) is 25.4. The van der Waals surface area contributed by atoms with Gasteiger partial charge in [0.15, 0.2) is 5.82 Å². The number of hydrogen-bond donors (Lipinski definition) is 2. The third-order valence-corrected chi connectivity index (χ3v) is 2.51. The van der Waals surface area contributed by atoms with E-state index < -0.39 is 5.97 Å². The lowest BCUT2D eigenvalue weighted by molar-refractivity contribution is -0.142. The van der Waals surface area contributed by atoms with Crippen LogP contribution in [0.2, 0.25) is 0 Å². The van der Waals surface area contributed by atoms with Gasteiger partial charge < -0.3 is 14.8 Å². The molecule has 1 aromatic rings. The first-order valence-corrected chi connectivity index (χ1v) is 4.47. The van der Waals surface area contributed by atoms with E-state index >= 15 is 0 Å². The van der Waals surface area contributed by atoms with E-state index in [1.165, 1.54) is 0 Å². The van der Waals surface area contributed by atoms with Gasteiger partial charge in [-0.15, -0.1) is 10.2 Å². The van der Waals surface area contributed by atoms with Gasteiger partial charge in [-0.3, -0.25) is 4.79 Å². The Hall–Kier alpha value is -1.43. The lowest BCUT2D eigenvalue weighted by Gasteiger charge is -2.20. The minimum absolute atomic E-state index is 0.195. The molecule has 0 saturated carbocycles. The smallest absolute Gasteiger partial charge is 0.308 e. The molecule has 0 radical (unpaired) electrons. The molecule has 2 heterocycles. The van der Waals surface area contributed by atoms with E-state index in [0.29, 0.717) is 25.2 Å². The summed E-state index contributed by atoms with van der Waals surface area (Å²) < 4.78 is 1.70. The minimum atomic E-state index is -0.798. The molecule has 2 N–H and O–H groups in total. The molecule has 1 aliphatic rings. The highest BCUT2D eigenvalue weighted by Gasteiger charge is 2.26. The standard InChI is InChI=1S/C8H11N3O3/c12-4-7-10-9-6-2-1-5(8(13)14)3-11(6)7/h5,12H,1-4H2,(H,13,14). The van der Waals surface area contributed by atoms with Gasteiger partial charge in [-0.2, -0.15) is 0 Å². The summed E-state index contributed by atoms with van der Waals surface area (Å²) in [7, 11) is 0. The van der Waals surface area contributed by atoms with Crippen molar-refractivity contribution < 1.29 is 15.0 Å². The van der Waals surface area contributed by atoms with E-state index in [9.17, 15) is 4.79 Å². The molecule has 1 aromatic heterocycles. The Morgan fingerprint density at radius 2 is 2.36 bits per heavy atom. The third-order valence-electron chi connectivity index (χ3n) is 2.51. The van der Waals surface area contributed by atoms with Gasteiger partial charge in [-0.1, -0.05) is 0 Å². The summed E-state index contributed by atoms with van der Waals surface area (Å²) >= 11 is 0. The second-order valence-electron chi connectivity index (χ2n) is 3.38. The molecule has 1 atom stereocenters. The fourth-order valence-corrected chi connectivity index (χ4v) is 1.70. The highest BCUT2D eigenvalue weighted by Crippen LogP contribution is 2.19. The molecule has 6 heteroatoms. The van der Waals surface area contributed by atoms with Gasteiger partial charge >= 0.3 is 5.97 Å². The average molecular weight is 197 g/mol. The molecule has 1 unspecified atom stereocenters. The zero-order valence-corrected chi connectivity index (χ0v) is 7.55. The number of carboxylic acid groups (broad SMARTS) is 1. The molecule has 6 nitrogen and oxygen atoms in total. The Labute approximate surface area is 80.2 Å². The molecule has 14 heavy (non-hydrogen) atoms. The van der Waals surface area contributed by atoms with Gasteiger partial charge in [0.1, 0.15) is 12.4 Å². The molecule has 1 aliphatic heterocycles. The van der Waals surface area contributed by atoms with Crippen LogP contribution in [0.4, 0.5) is 0 Å². The second kappa shape index (κ2) is 3.38. The number of aliphatic hydroxyl groups is 1. The highest BCUT2D eigenvalue weighted by atomic mass is 16.4. The Kier molecular flexibility index (Phi) is 2.20. The van der Waals surface area contributed by atoms with Crippen molar-refractivity contribution in [3.8, 4) is 0 Å². The molecule has 0 spiro atoms. The van der Waals surface area contributed by atoms with Crippen molar-refractivity contribution in [3.63, 3.8) is 0 Å². The predicted octanol–water partition coefficient (Wildman–Crippen LogP) is -0.583. The Morgan fingerprint density at radius 1 is 1.57 bits per heavy atom. The predicted molar refractivity (Wildman–Crippen MR) is 45.4 cm³/mol. The van der Waals surface area contributed by atoms with Gasteiger partial charge in [0.2, 0.25) is 0 Å². The third kappa shape index (κ3) is 1.37. The first-order chi connectivity index (χ1) is 6.72. The summed E-state index contributed by atoms with van der Waals surface area (Å²) in [6, 6.07) is 0. The van der Waals surface area contributed by atoms with Crippen molar-refractivity contribution >= 4 is 5.97 Å². The maximum atomic E-state index is 10.8. The largest absolute Gasteiger partial charge is 0.481 e. The molecule has 0 aliphatic carbocycles. The summed E-state index contributed by atoms with van der Waals surface area (Å²) in [6.07, 6.45) is 1.21. The Balaban J connectivity index is 2.27. The monoisotopic (exact) mass is 197 g/mol. The normalized spacial score (nSPS) is 20.5. The van der Waals surface area contributed by atoms with Crippen LogP contribution in [0, 0.1) is 5.92 Å². The number of hydrogen-bond acceptors (Lipinski definition) is 4. The molecule has 0 saturated heterocycles. The summed E-state index contributed by atoms with van der Waals surface area (Å²) in [5.41, 5.74) is 0. The topological polar surface area (TPSA) is 88.2 Å². The van der Waals surface area contributed by atoms with Crippen LogP contribution < -0.4 is 0 Å². The van der Waals surface area contributed by atoms with Crippen molar-refractivity contribution in [1.82, 2.24) is 14.8 Å². The maximum absolute atomic E-state index is 10.8. The molecular weight excluding hydrogens is 186 g/mol. The van der Waals surface area contributed by atoms with E-state index in [4.69, 9.17) is 10.2 Å². The Bertz CT molecular complexity index is 347. The van der Waals surface area contributed by atoms with Crippen molar-refractivity contribution in [2.45, 2.75) is 26.0 Å². The van der Waals surface area contributed by atoms with Crippen LogP contribution in [0.25, 0.3) is 0 Å². The van der Waals surface area contributed by atoms with Gasteiger partial charge in [0.25, 0.3) is 0 Å². The van der Waals surface area contributed by atoms with Gasteiger partial charge in [0, 0.05) is 13.0 Å². The lowest BCUT2D eigenvalue weighted by Crippen LogP contribution is -2.27. The fourth-order valence-electron chi connectivity index (χ4n) is 1.70. The summed E-state index contributed by atoms with van der Waals surface area (Å²) in [5.74, 6) is 0.0366. The van der Waals surface area contributed by atoms with Crippen molar-refractivity contribution in [1.29, 1.82) is 0 Å². The SMILES string of the molecule is O=C(O)C1CCc2nnc(CO)n2C1. The quantitative estimate of drug-likeness (QED) is 0.662. The van der Waals surface area contributed by atoms with E-state index in [2.05, 4.69) is 10.2 Å². The summed E-state index contributed by atoms with van der Waals surface area (Å²) in [4.78, 5) is 10.8. The Morgan fingerprint density at radius 3 is 3.00 bits per heavy atom. The van der Waals surface area contributed by atoms with E-state index in [-0.39, 0.29) is 12.5 Å². The average Bonchev–Trinajstić information content (AvgIpc) is 2.59. The van der Waals surface area contributed by atoms with Gasteiger partial charge in [-0.05, 0) is 6.42 Å². The number of fused-ring (bicyclic) bond motifs is 1. The first kappa shape index (κ1) is 9.14. The van der Waals surface area contributed by atoms with E-state index in [1.54, 1.807) is 4.57 Å². The number of rotatable bonds is 2. The van der Waals surface area contributed by atoms with E-state index in [0.717, 1.165) is 5.82 Å². The molecule has 76 valence electrons. The van der Waals surface area contributed by atoms with E-state index in [1.807, 2.05) is 0 Å². The van der Waals surface area contributed by atoms with Crippen molar-refractivity contribution in [3.05, 3.63) is 11.6 Å². The number of carbonyl (C=O) groups is 1. The van der Waals surface area contributed by atoms with Crippen LogP contribution in [0.1, 0.15) is 18.1 Å². The minimum Gasteiger partial charge on any atom is -0.481 e. The number of aromatic nitrogens is 3. The van der Waals surface area contributed by atoms with Crippen LogP contribution in [-0.4, -0.2) is 30.9 Å². The first-order valence-electron chi connectivity index (χ1n) is 4.47. The molecular formula is C8H11N3O3. The zero-order chi connectivity index (χ0) is 10.1.